The molecule has 0 radical (unpaired) electrons. The second kappa shape index (κ2) is 6.58. The SMILES string of the molecule is C=CCCCc1ccc(S(=O)(=O)Nc2cc(C)on2)cc1. The van der Waals surface area contributed by atoms with Crippen LogP contribution in [0, 0.1) is 6.92 Å². The number of allylic oxidation sites excluding steroid dienone is 1. The predicted molar refractivity (Wildman–Crippen MR) is 81.6 cm³/mol. The van der Waals surface area contributed by atoms with E-state index in [0.717, 1.165) is 24.8 Å². The molecule has 1 aromatic heterocycles. The molecule has 5 nitrogen and oxygen atoms in total. The second-order valence-corrected chi connectivity index (χ2v) is 6.44. The summed E-state index contributed by atoms with van der Waals surface area (Å²) >= 11 is 0. The normalized spacial score (nSPS) is 11.3. The average Bonchev–Trinajstić information content (AvgIpc) is 2.84. The van der Waals surface area contributed by atoms with Crippen LogP contribution < -0.4 is 4.72 Å². The van der Waals surface area contributed by atoms with Gasteiger partial charge in [-0.25, -0.2) is 8.42 Å². The topological polar surface area (TPSA) is 72.2 Å². The van der Waals surface area contributed by atoms with Crippen LogP contribution in [-0.4, -0.2) is 13.6 Å². The molecule has 0 unspecified atom stereocenters. The van der Waals surface area contributed by atoms with Gasteiger partial charge in [0.05, 0.1) is 4.90 Å². The molecule has 0 saturated carbocycles. The highest BCUT2D eigenvalue weighted by molar-refractivity contribution is 7.92. The summed E-state index contributed by atoms with van der Waals surface area (Å²) in [6.07, 6.45) is 4.74. The van der Waals surface area contributed by atoms with Crippen LogP contribution in [0.15, 0.2) is 52.4 Å². The zero-order valence-corrected chi connectivity index (χ0v) is 12.7. The van der Waals surface area contributed by atoms with Crippen molar-refractivity contribution >= 4 is 15.8 Å². The molecule has 0 aliphatic carbocycles. The molecule has 0 aliphatic heterocycles. The molecule has 0 bridgehead atoms. The first-order chi connectivity index (χ1) is 10.0. The largest absolute Gasteiger partial charge is 0.360 e. The minimum Gasteiger partial charge on any atom is -0.360 e. The van der Waals surface area contributed by atoms with Crippen LogP contribution in [0.2, 0.25) is 0 Å². The molecular formula is C15H18N2O3S. The first-order valence-electron chi connectivity index (χ1n) is 6.67. The summed E-state index contributed by atoms with van der Waals surface area (Å²) in [6, 6.07) is 8.37. The predicted octanol–water partition coefficient (Wildman–Crippen LogP) is 3.29. The second-order valence-electron chi connectivity index (χ2n) is 4.75. The first-order valence-corrected chi connectivity index (χ1v) is 8.15. The van der Waals surface area contributed by atoms with Gasteiger partial charge in [-0.2, -0.15) is 0 Å². The van der Waals surface area contributed by atoms with E-state index in [2.05, 4.69) is 16.5 Å². The summed E-state index contributed by atoms with van der Waals surface area (Å²) in [5, 5.41) is 3.62. The smallest absolute Gasteiger partial charge is 0.263 e. The Bertz CT molecular complexity index is 703. The Morgan fingerprint density at radius 2 is 2.05 bits per heavy atom. The zero-order valence-electron chi connectivity index (χ0n) is 11.9. The minimum absolute atomic E-state index is 0.183. The van der Waals surface area contributed by atoms with E-state index >= 15 is 0 Å². The number of unbranched alkanes of at least 4 members (excludes halogenated alkanes) is 1. The van der Waals surface area contributed by atoms with Crippen LogP contribution in [0.5, 0.6) is 0 Å². The number of hydrogen-bond acceptors (Lipinski definition) is 4. The lowest BCUT2D eigenvalue weighted by molar-refractivity contribution is 0.400. The Hall–Kier alpha value is -2.08. The van der Waals surface area contributed by atoms with Crippen LogP contribution in [0.25, 0.3) is 0 Å². The molecule has 1 N–H and O–H groups in total. The monoisotopic (exact) mass is 306 g/mol. The molecule has 0 spiro atoms. The third-order valence-electron chi connectivity index (χ3n) is 2.97. The Morgan fingerprint density at radius 1 is 1.33 bits per heavy atom. The van der Waals surface area contributed by atoms with Gasteiger partial charge in [-0.1, -0.05) is 23.4 Å². The van der Waals surface area contributed by atoms with E-state index < -0.39 is 10.0 Å². The lowest BCUT2D eigenvalue weighted by Crippen LogP contribution is -2.13. The molecular weight excluding hydrogens is 288 g/mol. The molecule has 0 aliphatic rings. The van der Waals surface area contributed by atoms with Gasteiger partial charge in [-0.15, -0.1) is 6.58 Å². The van der Waals surface area contributed by atoms with Gasteiger partial charge in [0.2, 0.25) is 0 Å². The lowest BCUT2D eigenvalue weighted by atomic mass is 10.1. The van der Waals surface area contributed by atoms with Gasteiger partial charge in [0.1, 0.15) is 5.76 Å². The molecule has 2 rings (SSSR count). The summed E-state index contributed by atoms with van der Waals surface area (Å²) in [4.78, 5) is 0.204. The van der Waals surface area contributed by atoms with Crippen molar-refractivity contribution in [2.75, 3.05) is 4.72 Å². The number of aryl methyl sites for hydroxylation is 2. The van der Waals surface area contributed by atoms with Crippen molar-refractivity contribution in [3.8, 4) is 0 Å². The molecule has 21 heavy (non-hydrogen) atoms. The van der Waals surface area contributed by atoms with Gasteiger partial charge in [-0.05, 0) is 43.9 Å². The van der Waals surface area contributed by atoms with Crippen LogP contribution in [0.1, 0.15) is 24.2 Å². The zero-order chi connectivity index (χ0) is 15.3. The summed E-state index contributed by atoms with van der Waals surface area (Å²) in [5.41, 5.74) is 1.10. The molecule has 1 aromatic carbocycles. The minimum atomic E-state index is -3.63. The van der Waals surface area contributed by atoms with Crippen molar-refractivity contribution in [3.63, 3.8) is 0 Å². The Labute approximate surface area is 124 Å². The molecule has 0 saturated heterocycles. The third-order valence-corrected chi connectivity index (χ3v) is 4.34. The quantitative estimate of drug-likeness (QED) is 0.629. The summed E-state index contributed by atoms with van der Waals surface area (Å²) in [7, 11) is -3.63. The number of benzene rings is 1. The summed E-state index contributed by atoms with van der Waals surface area (Å²) in [6.45, 7) is 5.38. The number of nitrogens with zero attached hydrogens (tertiary/aromatic N) is 1. The van der Waals surface area contributed by atoms with Crippen LogP contribution in [-0.2, 0) is 16.4 Å². The fourth-order valence-corrected chi connectivity index (χ4v) is 2.88. The van der Waals surface area contributed by atoms with Crippen LogP contribution in [0.4, 0.5) is 5.82 Å². The Kier molecular flexibility index (Phi) is 4.80. The highest BCUT2D eigenvalue weighted by Gasteiger charge is 2.15. The summed E-state index contributed by atoms with van der Waals surface area (Å²) in [5.74, 6) is 0.729. The van der Waals surface area contributed by atoms with Crippen LogP contribution in [0.3, 0.4) is 0 Å². The fraction of sp³-hybridized carbons (Fsp3) is 0.267. The van der Waals surface area contributed by atoms with Crippen molar-refractivity contribution in [1.29, 1.82) is 0 Å². The summed E-state index contributed by atoms with van der Waals surface area (Å²) < 4.78 is 31.6. The molecule has 6 heteroatoms. The number of aromatic nitrogens is 1. The number of rotatable bonds is 7. The van der Waals surface area contributed by atoms with Gasteiger partial charge in [0, 0.05) is 6.07 Å². The van der Waals surface area contributed by atoms with Gasteiger partial charge in [0.25, 0.3) is 10.0 Å². The van der Waals surface area contributed by atoms with E-state index in [0.29, 0.717) is 5.76 Å². The van der Waals surface area contributed by atoms with Crippen molar-refractivity contribution in [2.24, 2.45) is 0 Å². The maximum atomic E-state index is 12.2. The van der Waals surface area contributed by atoms with E-state index in [1.54, 1.807) is 19.1 Å². The van der Waals surface area contributed by atoms with E-state index in [4.69, 9.17) is 4.52 Å². The van der Waals surface area contributed by atoms with Gasteiger partial charge in [-0.3, -0.25) is 4.72 Å². The molecule has 1 heterocycles. The Balaban J connectivity index is 2.07. The van der Waals surface area contributed by atoms with Crippen LogP contribution >= 0.6 is 0 Å². The van der Waals surface area contributed by atoms with Crippen molar-refractivity contribution in [3.05, 3.63) is 54.3 Å². The van der Waals surface area contributed by atoms with Gasteiger partial charge in [0.15, 0.2) is 5.82 Å². The molecule has 0 atom stereocenters. The number of hydrogen-bond donors (Lipinski definition) is 1. The first kappa shape index (κ1) is 15.3. The third kappa shape index (κ3) is 4.19. The molecule has 2 aromatic rings. The van der Waals surface area contributed by atoms with E-state index in [1.165, 1.54) is 6.07 Å². The molecule has 112 valence electrons. The maximum Gasteiger partial charge on any atom is 0.263 e. The fourth-order valence-electron chi connectivity index (χ4n) is 1.90. The number of nitrogens with one attached hydrogen (secondary N) is 1. The highest BCUT2D eigenvalue weighted by atomic mass is 32.2. The molecule has 0 amide bonds. The van der Waals surface area contributed by atoms with Gasteiger partial charge < -0.3 is 4.52 Å². The molecule has 0 fully saturated rings. The number of anilines is 1. The Morgan fingerprint density at radius 3 is 2.62 bits per heavy atom. The highest BCUT2D eigenvalue weighted by Crippen LogP contribution is 2.17. The lowest BCUT2D eigenvalue weighted by Gasteiger charge is -2.06. The van der Waals surface area contributed by atoms with Crippen molar-refractivity contribution in [1.82, 2.24) is 5.16 Å². The van der Waals surface area contributed by atoms with Crippen molar-refractivity contribution in [2.45, 2.75) is 31.1 Å². The van der Waals surface area contributed by atoms with Crippen molar-refractivity contribution < 1.29 is 12.9 Å². The number of sulfonamides is 1. The van der Waals surface area contributed by atoms with Gasteiger partial charge >= 0.3 is 0 Å². The average molecular weight is 306 g/mol. The maximum absolute atomic E-state index is 12.2. The van der Waals surface area contributed by atoms with E-state index in [1.807, 2.05) is 18.2 Å². The standard InChI is InChI=1S/C15H18N2O3S/c1-3-4-5-6-13-7-9-14(10-8-13)21(18,19)17-15-11-12(2)20-16-15/h3,7-11H,1,4-6H2,2H3,(H,16,17). The van der Waals surface area contributed by atoms with E-state index in [9.17, 15) is 8.42 Å². The van der Waals surface area contributed by atoms with E-state index in [-0.39, 0.29) is 10.7 Å².